The molecule has 0 aliphatic heterocycles. The SMILES string of the molecule is COc1ccc(Cl)cc1C(=O)OCC(=O)Nc1ccccc1SCC(N)=O. The highest BCUT2D eigenvalue weighted by Gasteiger charge is 2.16. The number of primary amides is 1. The van der Waals surface area contributed by atoms with Gasteiger partial charge in [-0.2, -0.15) is 0 Å². The second-order valence-electron chi connectivity index (χ2n) is 5.22. The van der Waals surface area contributed by atoms with E-state index in [-0.39, 0.29) is 17.1 Å². The Balaban J connectivity index is 1.98. The number of rotatable bonds is 8. The van der Waals surface area contributed by atoms with Gasteiger partial charge >= 0.3 is 5.97 Å². The standard InChI is InChI=1S/C18H17ClN2O5S/c1-25-14-7-6-11(19)8-12(14)18(24)26-9-17(23)21-13-4-2-3-5-15(13)27-10-16(20)22/h2-8H,9-10H2,1H3,(H2,20,22)(H,21,23). The monoisotopic (exact) mass is 408 g/mol. The van der Waals surface area contributed by atoms with E-state index in [9.17, 15) is 14.4 Å². The first-order chi connectivity index (χ1) is 12.9. The smallest absolute Gasteiger partial charge is 0.342 e. The normalized spacial score (nSPS) is 10.1. The van der Waals surface area contributed by atoms with Crippen LogP contribution in [-0.4, -0.2) is 37.3 Å². The number of hydrogen-bond acceptors (Lipinski definition) is 6. The van der Waals surface area contributed by atoms with Crippen LogP contribution in [0.1, 0.15) is 10.4 Å². The van der Waals surface area contributed by atoms with E-state index in [0.717, 1.165) is 0 Å². The van der Waals surface area contributed by atoms with Crippen LogP contribution in [0.4, 0.5) is 5.69 Å². The lowest BCUT2D eigenvalue weighted by Crippen LogP contribution is -2.21. The van der Waals surface area contributed by atoms with Gasteiger partial charge in [0.25, 0.3) is 5.91 Å². The number of nitrogens with one attached hydrogen (secondary N) is 1. The molecule has 2 amide bonds. The Morgan fingerprint density at radius 3 is 2.63 bits per heavy atom. The molecule has 7 nitrogen and oxygen atoms in total. The van der Waals surface area contributed by atoms with Gasteiger partial charge in [-0.1, -0.05) is 23.7 Å². The number of anilines is 1. The number of carbonyl (C=O) groups is 3. The van der Waals surface area contributed by atoms with Crippen LogP contribution in [-0.2, 0) is 14.3 Å². The molecule has 0 atom stereocenters. The van der Waals surface area contributed by atoms with Crippen molar-refractivity contribution in [2.24, 2.45) is 5.73 Å². The quantitative estimate of drug-likeness (QED) is 0.513. The molecule has 27 heavy (non-hydrogen) atoms. The summed E-state index contributed by atoms with van der Waals surface area (Å²) in [6, 6.07) is 11.4. The summed E-state index contributed by atoms with van der Waals surface area (Å²) in [6.45, 7) is -0.497. The lowest BCUT2D eigenvalue weighted by molar-refractivity contribution is -0.119. The van der Waals surface area contributed by atoms with Crippen LogP contribution < -0.4 is 15.8 Å². The van der Waals surface area contributed by atoms with Crippen molar-refractivity contribution in [1.82, 2.24) is 0 Å². The highest BCUT2D eigenvalue weighted by Crippen LogP contribution is 2.27. The Hall–Kier alpha value is -2.71. The Bertz CT molecular complexity index is 859. The summed E-state index contributed by atoms with van der Waals surface area (Å²) in [5, 5.41) is 2.98. The van der Waals surface area contributed by atoms with E-state index < -0.39 is 24.4 Å². The first-order valence-electron chi connectivity index (χ1n) is 7.71. The minimum absolute atomic E-state index is 0.0798. The fourth-order valence-electron chi connectivity index (χ4n) is 2.08. The van der Waals surface area contributed by atoms with Gasteiger partial charge in [0.15, 0.2) is 6.61 Å². The molecule has 0 aromatic heterocycles. The summed E-state index contributed by atoms with van der Waals surface area (Å²) >= 11 is 7.08. The maximum absolute atomic E-state index is 12.2. The van der Waals surface area contributed by atoms with Gasteiger partial charge in [0, 0.05) is 9.92 Å². The highest BCUT2D eigenvalue weighted by molar-refractivity contribution is 8.00. The molecular weight excluding hydrogens is 392 g/mol. The number of esters is 1. The summed E-state index contributed by atoms with van der Waals surface area (Å²) in [7, 11) is 1.41. The first kappa shape index (κ1) is 20.6. The number of nitrogens with two attached hydrogens (primary N) is 1. The third-order valence-corrected chi connectivity index (χ3v) is 4.58. The topological polar surface area (TPSA) is 108 Å². The summed E-state index contributed by atoms with van der Waals surface area (Å²) in [6.07, 6.45) is 0. The molecule has 0 heterocycles. The number of halogens is 1. The Morgan fingerprint density at radius 2 is 1.93 bits per heavy atom. The maximum Gasteiger partial charge on any atom is 0.342 e. The number of para-hydroxylation sites is 1. The van der Waals surface area contributed by atoms with Crippen LogP contribution in [0.5, 0.6) is 5.75 Å². The predicted molar refractivity (Wildman–Crippen MR) is 103 cm³/mol. The molecule has 2 aromatic carbocycles. The van der Waals surface area contributed by atoms with E-state index >= 15 is 0 Å². The molecule has 0 saturated carbocycles. The molecule has 0 aliphatic carbocycles. The molecule has 0 fully saturated rings. The number of ether oxygens (including phenoxy) is 2. The second kappa shape index (κ2) is 9.84. The second-order valence-corrected chi connectivity index (χ2v) is 6.67. The number of methoxy groups -OCH3 is 1. The molecule has 142 valence electrons. The maximum atomic E-state index is 12.2. The molecule has 9 heteroatoms. The fourth-order valence-corrected chi connectivity index (χ4v) is 3.00. The predicted octanol–water partition coefficient (Wildman–Crippen LogP) is 2.72. The van der Waals surface area contributed by atoms with Crippen molar-refractivity contribution in [3.05, 3.63) is 53.1 Å². The zero-order valence-corrected chi connectivity index (χ0v) is 15.9. The fraction of sp³-hybridized carbons (Fsp3) is 0.167. The van der Waals surface area contributed by atoms with Crippen molar-refractivity contribution in [2.45, 2.75) is 4.90 Å². The van der Waals surface area contributed by atoms with Gasteiger partial charge in [-0.05, 0) is 30.3 Å². The van der Waals surface area contributed by atoms with E-state index in [4.69, 9.17) is 26.8 Å². The van der Waals surface area contributed by atoms with Crippen LogP contribution in [0, 0.1) is 0 Å². The highest BCUT2D eigenvalue weighted by atomic mass is 35.5. The van der Waals surface area contributed by atoms with E-state index in [2.05, 4.69) is 5.32 Å². The van der Waals surface area contributed by atoms with E-state index in [1.54, 1.807) is 30.3 Å². The van der Waals surface area contributed by atoms with Gasteiger partial charge in [-0.25, -0.2) is 4.79 Å². The molecule has 3 N–H and O–H groups in total. The zero-order chi connectivity index (χ0) is 19.8. The number of hydrogen-bond donors (Lipinski definition) is 2. The number of carbonyl (C=O) groups excluding carboxylic acids is 3. The average molecular weight is 409 g/mol. The van der Waals surface area contributed by atoms with Crippen molar-refractivity contribution < 1.29 is 23.9 Å². The molecule has 0 radical (unpaired) electrons. The Morgan fingerprint density at radius 1 is 1.19 bits per heavy atom. The van der Waals surface area contributed by atoms with Crippen molar-refractivity contribution in [2.75, 3.05) is 24.8 Å². The van der Waals surface area contributed by atoms with Gasteiger partial charge in [0.2, 0.25) is 5.91 Å². The third kappa shape index (κ3) is 6.19. The van der Waals surface area contributed by atoms with Crippen LogP contribution in [0.3, 0.4) is 0 Å². The van der Waals surface area contributed by atoms with Gasteiger partial charge in [0.05, 0.1) is 18.6 Å². The summed E-state index contributed by atoms with van der Waals surface area (Å²) in [4.78, 5) is 35.9. The van der Waals surface area contributed by atoms with E-state index in [1.165, 1.54) is 31.0 Å². The molecular formula is C18H17ClN2O5S. The van der Waals surface area contributed by atoms with Crippen LogP contribution in [0.15, 0.2) is 47.4 Å². The summed E-state index contributed by atoms with van der Waals surface area (Å²) in [5.41, 5.74) is 5.75. The Labute approximate surface area is 165 Å². The minimum atomic E-state index is -0.735. The lowest BCUT2D eigenvalue weighted by atomic mass is 10.2. The van der Waals surface area contributed by atoms with Crippen molar-refractivity contribution in [3.63, 3.8) is 0 Å². The number of amides is 2. The first-order valence-corrected chi connectivity index (χ1v) is 9.07. The van der Waals surface area contributed by atoms with Gasteiger partial charge in [-0.3, -0.25) is 9.59 Å². The van der Waals surface area contributed by atoms with Gasteiger partial charge in [0.1, 0.15) is 11.3 Å². The molecule has 2 aromatic rings. The molecule has 0 spiro atoms. The lowest BCUT2D eigenvalue weighted by Gasteiger charge is -2.11. The summed E-state index contributed by atoms with van der Waals surface area (Å²) < 4.78 is 10.1. The molecule has 0 saturated heterocycles. The van der Waals surface area contributed by atoms with Crippen molar-refractivity contribution in [3.8, 4) is 5.75 Å². The molecule has 2 rings (SSSR count). The number of thioether (sulfide) groups is 1. The van der Waals surface area contributed by atoms with E-state index in [0.29, 0.717) is 15.6 Å². The van der Waals surface area contributed by atoms with Crippen molar-refractivity contribution in [1.29, 1.82) is 0 Å². The number of benzene rings is 2. The summed E-state index contributed by atoms with van der Waals surface area (Å²) in [5.74, 6) is -1.36. The Kier molecular flexibility index (Phi) is 7.51. The molecule has 0 aliphatic rings. The van der Waals surface area contributed by atoms with Crippen LogP contribution in [0.25, 0.3) is 0 Å². The van der Waals surface area contributed by atoms with Crippen molar-refractivity contribution >= 4 is 46.8 Å². The molecule has 0 bridgehead atoms. The van der Waals surface area contributed by atoms with Crippen LogP contribution in [0.2, 0.25) is 5.02 Å². The molecule has 0 unspecified atom stereocenters. The van der Waals surface area contributed by atoms with Gasteiger partial charge in [-0.15, -0.1) is 11.8 Å². The van der Waals surface area contributed by atoms with Gasteiger partial charge < -0.3 is 20.5 Å². The average Bonchev–Trinajstić information content (AvgIpc) is 2.65. The third-order valence-electron chi connectivity index (χ3n) is 3.25. The zero-order valence-electron chi connectivity index (χ0n) is 14.4. The van der Waals surface area contributed by atoms with E-state index in [1.807, 2.05) is 0 Å². The minimum Gasteiger partial charge on any atom is -0.496 e. The largest absolute Gasteiger partial charge is 0.496 e. The van der Waals surface area contributed by atoms with Crippen LogP contribution >= 0.6 is 23.4 Å².